The van der Waals surface area contributed by atoms with Crippen LogP contribution in [-0.4, -0.2) is 71.0 Å². The van der Waals surface area contributed by atoms with Gasteiger partial charge in [-0.2, -0.15) is 0 Å². The first-order valence-electron chi connectivity index (χ1n) is 12.4. The van der Waals surface area contributed by atoms with Gasteiger partial charge < -0.3 is 9.80 Å². The van der Waals surface area contributed by atoms with Gasteiger partial charge in [0.25, 0.3) is 0 Å². The molecule has 0 radical (unpaired) electrons. The Balaban J connectivity index is 1.17. The number of piperazine rings is 1. The molecule has 164 valence electrons. The van der Waals surface area contributed by atoms with Crippen molar-refractivity contribution in [2.75, 3.05) is 44.2 Å². The van der Waals surface area contributed by atoms with Gasteiger partial charge in [-0.3, -0.25) is 9.69 Å². The summed E-state index contributed by atoms with van der Waals surface area (Å²) in [7, 11) is 0. The number of nitrogens with zero attached hydrogens (tertiary/aromatic N) is 5. The minimum Gasteiger partial charge on any atom is -0.342 e. The van der Waals surface area contributed by atoms with Gasteiger partial charge in [0.1, 0.15) is 0 Å². The molecule has 0 aromatic carbocycles. The minimum absolute atomic E-state index is 0.356. The molecule has 2 aliphatic heterocycles. The Morgan fingerprint density at radius 3 is 2.40 bits per heavy atom. The number of carbonyl (C=O) groups is 1. The molecular formula is C24H37N5O. The van der Waals surface area contributed by atoms with Gasteiger partial charge in [0, 0.05) is 64.3 Å². The Morgan fingerprint density at radius 2 is 1.67 bits per heavy atom. The van der Waals surface area contributed by atoms with Crippen molar-refractivity contribution in [2.24, 2.45) is 5.92 Å². The van der Waals surface area contributed by atoms with E-state index in [4.69, 9.17) is 9.97 Å². The first-order valence-corrected chi connectivity index (χ1v) is 12.4. The maximum atomic E-state index is 12.9. The first kappa shape index (κ1) is 20.2. The smallest absolute Gasteiger partial charge is 0.225 e. The monoisotopic (exact) mass is 411 g/mol. The highest BCUT2D eigenvalue weighted by Crippen LogP contribution is 2.28. The van der Waals surface area contributed by atoms with E-state index in [0.29, 0.717) is 11.8 Å². The second kappa shape index (κ2) is 9.21. The van der Waals surface area contributed by atoms with Gasteiger partial charge in [0.05, 0.1) is 5.69 Å². The van der Waals surface area contributed by atoms with Gasteiger partial charge in [0.2, 0.25) is 11.9 Å². The summed E-state index contributed by atoms with van der Waals surface area (Å²) in [6.45, 7) is 5.96. The lowest BCUT2D eigenvalue weighted by molar-refractivity contribution is -0.132. The lowest BCUT2D eigenvalue weighted by atomic mass is 9.86. The summed E-state index contributed by atoms with van der Waals surface area (Å²) in [5.74, 6) is 1.86. The van der Waals surface area contributed by atoms with E-state index in [1.165, 1.54) is 56.9 Å². The van der Waals surface area contributed by atoms with Gasteiger partial charge >= 0.3 is 0 Å². The first-order chi connectivity index (χ1) is 14.8. The molecule has 1 aromatic heterocycles. The van der Waals surface area contributed by atoms with Crippen LogP contribution in [0.4, 0.5) is 5.95 Å². The molecule has 1 amide bonds. The Bertz CT molecular complexity index is 735. The standard InChI is InChI=1S/C24H37N5O/c30-23(17-19-5-2-1-3-6-19)28-11-9-20-18-25-24(26-22(20)10-12-28)29-15-13-27(14-16-29)21-7-4-8-21/h18-19,21H,1-17H2. The molecule has 0 unspecified atom stereocenters. The van der Waals surface area contributed by atoms with Gasteiger partial charge in [-0.25, -0.2) is 9.97 Å². The van der Waals surface area contributed by atoms with Gasteiger partial charge in [-0.1, -0.05) is 25.7 Å². The van der Waals surface area contributed by atoms with Crippen LogP contribution < -0.4 is 4.90 Å². The third kappa shape index (κ3) is 4.48. The van der Waals surface area contributed by atoms with E-state index < -0.39 is 0 Å². The molecule has 3 fully saturated rings. The van der Waals surface area contributed by atoms with Crippen LogP contribution in [0.25, 0.3) is 0 Å². The summed E-state index contributed by atoms with van der Waals surface area (Å²) in [6, 6.07) is 0.831. The molecule has 4 aliphatic rings. The highest BCUT2D eigenvalue weighted by Gasteiger charge is 2.29. The van der Waals surface area contributed by atoms with E-state index in [1.807, 2.05) is 6.20 Å². The minimum atomic E-state index is 0.356. The van der Waals surface area contributed by atoms with Crippen LogP contribution in [0.1, 0.15) is 69.0 Å². The summed E-state index contributed by atoms with van der Waals surface area (Å²) in [6.07, 6.45) is 15.1. The quantitative estimate of drug-likeness (QED) is 0.762. The number of hydrogen-bond acceptors (Lipinski definition) is 5. The fourth-order valence-electron chi connectivity index (χ4n) is 5.67. The maximum absolute atomic E-state index is 12.9. The van der Waals surface area contributed by atoms with E-state index in [-0.39, 0.29) is 0 Å². The number of fused-ring (bicyclic) bond motifs is 1. The molecule has 2 saturated carbocycles. The van der Waals surface area contributed by atoms with Crippen LogP contribution >= 0.6 is 0 Å². The van der Waals surface area contributed by atoms with E-state index in [0.717, 1.165) is 76.2 Å². The summed E-state index contributed by atoms with van der Waals surface area (Å²) >= 11 is 0. The van der Waals surface area contributed by atoms with Gasteiger partial charge in [0.15, 0.2) is 0 Å². The van der Waals surface area contributed by atoms with Gasteiger partial charge in [-0.15, -0.1) is 0 Å². The van der Waals surface area contributed by atoms with E-state index >= 15 is 0 Å². The molecule has 0 spiro atoms. The third-order valence-electron chi connectivity index (χ3n) is 7.94. The van der Waals surface area contributed by atoms with Crippen molar-refractivity contribution in [1.82, 2.24) is 19.8 Å². The molecular weight excluding hydrogens is 374 g/mol. The predicted octanol–water partition coefficient (Wildman–Crippen LogP) is 3.05. The zero-order valence-corrected chi connectivity index (χ0v) is 18.4. The molecule has 0 bridgehead atoms. The second-order valence-electron chi connectivity index (χ2n) is 9.84. The third-order valence-corrected chi connectivity index (χ3v) is 7.94. The lowest BCUT2D eigenvalue weighted by Crippen LogP contribution is -2.52. The van der Waals surface area contributed by atoms with Crippen molar-refractivity contribution in [2.45, 2.75) is 76.7 Å². The molecule has 5 rings (SSSR count). The molecule has 1 saturated heterocycles. The van der Waals surface area contributed by atoms with Crippen LogP contribution in [-0.2, 0) is 17.6 Å². The molecule has 2 aliphatic carbocycles. The second-order valence-corrected chi connectivity index (χ2v) is 9.84. The molecule has 0 atom stereocenters. The fraction of sp³-hybridized carbons (Fsp3) is 0.792. The number of aromatic nitrogens is 2. The van der Waals surface area contributed by atoms with Crippen molar-refractivity contribution in [3.8, 4) is 0 Å². The summed E-state index contributed by atoms with van der Waals surface area (Å²) in [5, 5.41) is 0. The Hall–Kier alpha value is -1.69. The Morgan fingerprint density at radius 1 is 0.900 bits per heavy atom. The average Bonchev–Trinajstić information content (AvgIpc) is 2.96. The zero-order valence-electron chi connectivity index (χ0n) is 18.4. The van der Waals surface area contributed by atoms with Crippen LogP contribution in [0.2, 0.25) is 0 Å². The number of anilines is 1. The lowest BCUT2D eigenvalue weighted by Gasteiger charge is -2.43. The van der Waals surface area contributed by atoms with Crippen molar-refractivity contribution < 1.29 is 4.79 Å². The maximum Gasteiger partial charge on any atom is 0.225 e. The van der Waals surface area contributed by atoms with Crippen LogP contribution in [0.3, 0.4) is 0 Å². The van der Waals surface area contributed by atoms with Crippen molar-refractivity contribution >= 4 is 11.9 Å². The highest BCUT2D eigenvalue weighted by atomic mass is 16.2. The highest BCUT2D eigenvalue weighted by molar-refractivity contribution is 5.76. The van der Waals surface area contributed by atoms with Crippen LogP contribution in [0.15, 0.2) is 6.20 Å². The summed E-state index contributed by atoms with van der Waals surface area (Å²) in [5.41, 5.74) is 2.40. The Kier molecular flexibility index (Phi) is 6.21. The topological polar surface area (TPSA) is 52.6 Å². The molecule has 6 heteroatoms. The summed E-state index contributed by atoms with van der Waals surface area (Å²) < 4.78 is 0. The van der Waals surface area contributed by atoms with Gasteiger partial charge in [-0.05, 0) is 43.6 Å². The van der Waals surface area contributed by atoms with Crippen molar-refractivity contribution in [3.63, 3.8) is 0 Å². The zero-order chi connectivity index (χ0) is 20.3. The number of carbonyl (C=O) groups excluding carboxylic acids is 1. The van der Waals surface area contributed by atoms with Crippen molar-refractivity contribution in [3.05, 3.63) is 17.5 Å². The SMILES string of the molecule is O=C(CC1CCCCC1)N1CCc2cnc(N3CCN(C4CCC4)CC3)nc2CC1. The Labute approximate surface area is 181 Å². The number of rotatable bonds is 4. The summed E-state index contributed by atoms with van der Waals surface area (Å²) in [4.78, 5) is 29.7. The van der Waals surface area contributed by atoms with E-state index in [9.17, 15) is 4.79 Å². The molecule has 0 N–H and O–H groups in total. The largest absolute Gasteiger partial charge is 0.342 e. The van der Waals surface area contributed by atoms with E-state index in [2.05, 4.69) is 14.7 Å². The molecule has 30 heavy (non-hydrogen) atoms. The van der Waals surface area contributed by atoms with E-state index in [1.54, 1.807) is 0 Å². The molecule has 3 heterocycles. The average molecular weight is 412 g/mol. The predicted molar refractivity (Wildman–Crippen MR) is 119 cm³/mol. The fourth-order valence-corrected chi connectivity index (χ4v) is 5.67. The van der Waals surface area contributed by atoms with Crippen LogP contribution in [0, 0.1) is 5.92 Å². The van der Waals surface area contributed by atoms with Crippen molar-refractivity contribution in [1.29, 1.82) is 0 Å². The molecule has 6 nitrogen and oxygen atoms in total. The number of hydrogen-bond donors (Lipinski definition) is 0. The molecule has 1 aromatic rings. The van der Waals surface area contributed by atoms with Crippen LogP contribution in [0.5, 0.6) is 0 Å². The normalized spacial score (nSPS) is 24.3. The number of amides is 1.